The van der Waals surface area contributed by atoms with Crippen LogP contribution in [-0.4, -0.2) is 15.6 Å². The molecule has 0 N–H and O–H groups in total. The van der Waals surface area contributed by atoms with Gasteiger partial charge in [0.1, 0.15) is 0 Å². The van der Waals surface area contributed by atoms with Gasteiger partial charge in [-0.05, 0) is 11.6 Å². The molecule has 1 rings (SSSR count). The molecule has 0 aliphatic carbocycles. The first-order valence-corrected chi connectivity index (χ1v) is 4.07. The maximum Gasteiger partial charge on any atom is 0.248 e. The lowest BCUT2D eigenvalue weighted by molar-refractivity contribution is 0.357. The van der Waals surface area contributed by atoms with Crippen molar-refractivity contribution in [1.29, 1.82) is 0 Å². The minimum absolute atomic E-state index is 0.654. The minimum Gasteiger partial charge on any atom is -0.320 e. The molecule has 0 fully saturated rings. The summed E-state index contributed by atoms with van der Waals surface area (Å²) in [6.07, 6.45) is 5.76. The lowest BCUT2D eigenvalue weighted by Gasteiger charge is -1.92. The highest BCUT2D eigenvalue weighted by Crippen LogP contribution is 2.03. The van der Waals surface area contributed by atoms with Gasteiger partial charge in [-0.2, -0.15) is 0 Å². The SMILES string of the molecule is CCCCCCc1nnno1. The lowest BCUT2D eigenvalue weighted by atomic mass is 10.2. The number of aryl methyl sites for hydroxylation is 1. The number of unbranched alkanes of at least 4 members (excludes halogenated alkanes) is 3. The second-order valence-electron chi connectivity index (χ2n) is 2.57. The second kappa shape index (κ2) is 4.82. The van der Waals surface area contributed by atoms with E-state index in [-0.39, 0.29) is 0 Å². The number of hydrogen-bond acceptors (Lipinski definition) is 4. The van der Waals surface area contributed by atoms with Crippen LogP contribution in [-0.2, 0) is 6.42 Å². The van der Waals surface area contributed by atoms with Crippen LogP contribution in [0.5, 0.6) is 0 Å². The zero-order valence-corrected chi connectivity index (χ0v) is 6.79. The van der Waals surface area contributed by atoms with Crippen molar-refractivity contribution in [3.8, 4) is 0 Å². The molecule has 1 aromatic rings. The quantitative estimate of drug-likeness (QED) is 0.606. The molecule has 0 saturated heterocycles. The number of rotatable bonds is 5. The fraction of sp³-hybridized carbons (Fsp3) is 0.857. The molecular formula is C7H13N3O. The van der Waals surface area contributed by atoms with Crippen LogP contribution < -0.4 is 0 Å². The van der Waals surface area contributed by atoms with Crippen molar-refractivity contribution < 1.29 is 4.52 Å². The second-order valence-corrected chi connectivity index (χ2v) is 2.57. The van der Waals surface area contributed by atoms with Gasteiger partial charge in [0, 0.05) is 6.42 Å². The largest absolute Gasteiger partial charge is 0.320 e. The van der Waals surface area contributed by atoms with Crippen molar-refractivity contribution in [2.75, 3.05) is 0 Å². The van der Waals surface area contributed by atoms with Gasteiger partial charge in [0.15, 0.2) is 0 Å². The first-order chi connectivity index (χ1) is 5.43. The number of hydrogen-bond donors (Lipinski definition) is 0. The van der Waals surface area contributed by atoms with Crippen LogP contribution in [0, 0.1) is 0 Å². The van der Waals surface area contributed by atoms with Gasteiger partial charge in [0.05, 0.1) is 5.27 Å². The van der Waals surface area contributed by atoms with E-state index in [4.69, 9.17) is 4.52 Å². The first kappa shape index (κ1) is 8.17. The summed E-state index contributed by atoms with van der Waals surface area (Å²) in [4.78, 5) is 0. The Hall–Kier alpha value is -0.930. The molecule has 0 aromatic carbocycles. The Morgan fingerprint density at radius 3 is 2.82 bits per heavy atom. The molecule has 11 heavy (non-hydrogen) atoms. The highest BCUT2D eigenvalue weighted by Gasteiger charge is 1.98. The third-order valence-corrected chi connectivity index (χ3v) is 1.58. The molecule has 0 unspecified atom stereocenters. The summed E-state index contributed by atoms with van der Waals surface area (Å²) < 4.78 is 4.74. The summed E-state index contributed by atoms with van der Waals surface area (Å²) in [5, 5.41) is 10.3. The highest BCUT2D eigenvalue weighted by atomic mass is 16.5. The molecule has 0 atom stereocenters. The van der Waals surface area contributed by atoms with Gasteiger partial charge in [-0.1, -0.05) is 31.3 Å². The van der Waals surface area contributed by atoms with Crippen molar-refractivity contribution in [1.82, 2.24) is 15.6 Å². The van der Waals surface area contributed by atoms with Crippen LogP contribution in [0.25, 0.3) is 0 Å². The Morgan fingerprint density at radius 2 is 2.18 bits per heavy atom. The Labute approximate surface area is 66.0 Å². The normalized spacial score (nSPS) is 10.3. The summed E-state index contributed by atoms with van der Waals surface area (Å²) >= 11 is 0. The van der Waals surface area contributed by atoms with E-state index in [0.717, 1.165) is 12.8 Å². The zero-order chi connectivity index (χ0) is 7.94. The summed E-state index contributed by atoms with van der Waals surface area (Å²) in [6.45, 7) is 2.19. The van der Waals surface area contributed by atoms with E-state index < -0.39 is 0 Å². The molecule has 0 radical (unpaired) electrons. The Kier molecular flexibility index (Phi) is 3.58. The summed E-state index contributed by atoms with van der Waals surface area (Å²) in [5.74, 6) is 0.654. The Bertz CT molecular complexity index is 174. The standard InChI is InChI=1S/C7H13N3O/c1-2-3-4-5-6-7-8-9-10-11-7/h2-6H2,1H3. The van der Waals surface area contributed by atoms with E-state index in [1.165, 1.54) is 19.3 Å². The smallest absolute Gasteiger partial charge is 0.248 e. The van der Waals surface area contributed by atoms with Crippen LogP contribution >= 0.6 is 0 Å². The summed E-state index contributed by atoms with van der Waals surface area (Å²) in [7, 11) is 0. The van der Waals surface area contributed by atoms with Crippen molar-refractivity contribution >= 4 is 0 Å². The molecule has 4 nitrogen and oxygen atoms in total. The summed E-state index contributed by atoms with van der Waals surface area (Å²) in [6, 6.07) is 0. The monoisotopic (exact) mass is 155 g/mol. The van der Waals surface area contributed by atoms with Crippen molar-refractivity contribution in [2.45, 2.75) is 39.0 Å². The van der Waals surface area contributed by atoms with E-state index in [0.29, 0.717) is 5.89 Å². The molecule has 0 aliphatic rings. The van der Waals surface area contributed by atoms with E-state index in [1.807, 2.05) is 0 Å². The van der Waals surface area contributed by atoms with Gasteiger partial charge < -0.3 is 4.52 Å². The topological polar surface area (TPSA) is 51.8 Å². The van der Waals surface area contributed by atoms with Gasteiger partial charge >= 0.3 is 0 Å². The van der Waals surface area contributed by atoms with Gasteiger partial charge in [-0.25, -0.2) is 0 Å². The molecule has 4 heteroatoms. The van der Waals surface area contributed by atoms with Crippen LogP contribution in [0.4, 0.5) is 0 Å². The molecule has 1 heterocycles. The van der Waals surface area contributed by atoms with Gasteiger partial charge in [-0.3, -0.25) is 0 Å². The first-order valence-electron chi connectivity index (χ1n) is 4.07. The molecule has 0 spiro atoms. The van der Waals surface area contributed by atoms with Crippen molar-refractivity contribution in [3.05, 3.63) is 5.89 Å². The fourth-order valence-corrected chi connectivity index (χ4v) is 0.950. The molecule has 0 saturated carbocycles. The lowest BCUT2D eigenvalue weighted by Crippen LogP contribution is -1.85. The van der Waals surface area contributed by atoms with Crippen LogP contribution in [0.2, 0.25) is 0 Å². The molecule has 0 amide bonds. The third kappa shape index (κ3) is 3.11. The maximum atomic E-state index is 4.74. The van der Waals surface area contributed by atoms with Gasteiger partial charge in [0.2, 0.25) is 5.89 Å². The van der Waals surface area contributed by atoms with Crippen LogP contribution in [0.3, 0.4) is 0 Å². The van der Waals surface area contributed by atoms with Gasteiger partial charge in [-0.15, -0.1) is 0 Å². The molecule has 0 bridgehead atoms. The van der Waals surface area contributed by atoms with E-state index in [9.17, 15) is 0 Å². The van der Waals surface area contributed by atoms with E-state index in [2.05, 4.69) is 22.5 Å². The predicted molar refractivity (Wildman–Crippen MR) is 39.9 cm³/mol. The molecule has 0 aliphatic heterocycles. The van der Waals surface area contributed by atoms with E-state index >= 15 is 0 Å². The predicted octanol–water partition coefficient (Wildman–Crippen LogP) is 1.59. The zero-order valence-electron chi connectivity index (χ0n) is 6.79. The van der Waals surface area contributed by atoms with Crippen LogP contribution in [0.15, 0.2) is 4.52 Å². The van der Waals surface area contributed by atoms with Gasteiger partial charge in [0.25, 0.3) is 0 Å². The minimum atomic E-state index is 0.654. The molecule has 62 valence electrons. The maximum absolute atomic E-state index is 4.74. The van der Waals surface area contributed by atoms with Crippen LogP contribution in [0.1, 0.15) is 38.5 Å². The highest BCUT2D eigenvalue weighted by molar-refractivity contribution is 4.69. The number of nitrogens with zero attached hydrogens (tertiary/aromatic N) is 3. The van der Waals surface area contributed by atoms with Crippen molar-refractivity contribution in [2.24, 2.45) is 0 Å². The fourth-order valence-electron chi connectivity index (χ4n) is 0.950. The average Bonchev–Trinajstić information content (AvgIpc) is 2.50. The average molecular weight is 155 g/mol. The number of aromatic nitrogens is 3. The Balaban J connectivity index is 2.04. The summed E-state index contributed by atoms with van der Waals surface area (Å²) in [5.41, 5.74) is 0. The van der Waals surface area contributed by atoms with Crippen molar-refractivity contribution in [3.63, 3.8) is 0 Å². The molecule has 1 aromatic heterocycles. The Morgan fingerprint density at radius 1 is 1.27 bits per heavy atom. The molecular weight excluding hydrogens is 142 g/mol. The third-order valence-electron chi connectivity index (χ3n) is 1.58. The van der Waals surface area contributed by atoms with E-state index in [1.54, 1.807) is 0 Å².